The Morgan fingerprint density at radius 3 is 2.76 bits per heavy atom. The lowest BCUT2D eigenvalue weighted by Crippen LogP contribution is -2.50. The topological polar surface area (TPSA) is 32.3 Å². The number of rotatable bonds is 1. The van der Waals surface area contributed by atoms with E-state index in [-0.39, 0.29) is 11.4 Å². The fourth-order valence-electron chi connectivity index (χ4n) is 2.30. The minimum Gasteiger partial charge on any atom is -0.377 e. The third-order valence-electron chi connectivity index (χ3n) is 3.17. The van der Waals surface area contributed by atoms with Gasteiger partial charge in [0.1, 0.15) is 0 Å². The Kier molecular flexibility index (Phi) is 2.86. The van der Waals surface area contributed by atoms with Gasteiger partial charge in [-0.05, 0) is 38.0 Å². The van der Waals surface area contributed by atoms with E-state index in [2.05, 4.69) is 38.2 Å². The molecule has 1 aliphatic heterocycles. The van der Waals surface area contributed by atoms with Crippen molar-refractivity contribution in [2.45, 2.75) is 39.7 Å². The Morgan fingerprint density at radius 2 is 2.18 bits per heavy atom. The maximum Gasteiger partial charge on any atom is 0.224 e. The molecule has 1 amide bonds. The quantitative estimate of drug-likeness (QED) is 0.807. The van der Waals surface area contributed by atoms with E-state index in [1.165, 1.54) is 5.56 Å². The van der Waals surface area contributed by atoms with Crippen molar-refractivity contribution in [3.05, 3.63) is 23.8 Å². The predicted octanol–water partition coefficient (Wildman–Crippen LogP) is 2.81. The third kappa shape index (κ3) is 2.28. The second-order valence-electron chi connectivity index (χ2n) is 5.32. The average molecular weight is 232 g/mol. The fourth-order valence-corrected chi connectivity index (χ4v) is 2.30. The summed E-state index contributed by atoms with van der Waals surface area (Å²) in [5, 5.41) is 3.50. The molecule has 0 bridgehead atoms. The van der Waals surface area contributed by atoms with E-state index in [0.717, 1.165) is 17.8 Å². The summed E-state index contributed by atoms with van der Waals surface area (Å²) < 4.78 is 0. The molecule has 1 N–H and O–H groups in total. The number of benzene rings is 1. The summed E-state index contributed by atoms with van der Waals surface area (Å²) in [4.78, 5) is 13.6. The van der Waals surface area contributed by atoms with Gasteiger partial charge in [0.05, 0.1) is 11.4 Å². The van der Waals surface area contributed by atoms with Gasteiger partial charge >= 0.3 is 0 Å². The van der Waals surface area contributed by atoms with Gasteiger partial charge in [-0.1, -0.05) is 13.0 Å². The SMILES string of the molecule is CCc1ccc2c(c1)NC(C)(C)CN2C(C)=O. The molecule has 0 fully saturated rings. The highest BCUT2D eigenvalue weighted by atomic mass is 16.2. The van der Waals surface area contributed by atoms with Gasteiger partial charge < -0.3 is 10.2 Å². The standard InChI is InChI=1S/C14H20N2O/c1-5-11-6-7-13-12(8-11)15-14(3,4)9-16(13)10(2)17/h6-8,15H,5,9H2,1-4H3. The Hall–Kier alpha value is -1.51. The van der Waals surface area contributed by atoms with Crippen LogP contribution in [0.5, 0.6) is 0 Å². The van der Waals surface area contributed by atoms with E-state index >= 15 is 0 Å². The molecule has 1 aliphatic rings. The van der Waals surface area contributed by atoms with Gasteiger partial charge in [0, 0.05) is 19.0 Å². The number of fused-ring (bicyclic) bond motifs is 1. The van der Waals surface area contributed by atoms with E-state index in [9.17, 15) is 4.79 Å². The molecule has 0 saturated heterocycles. The molecule has 2 rings (SSSR count). The Labute approximate surface area is 103 Å². The smallest absolute Gasteiger partial charge is 0.224 e. The zero-order valence-electron chi connectivity index (χ0n) is 11.0. The number of hydrogen-bond donors (Lipinski definition) is 1. The van der Waals surface area contributed by atoms with Gasteiger partial charge in [-0.25, -0.2) is 0 Å². The van der Waals surface area contributed by atoms with Crippen LogP contribution in [0.2, 0.25) is 0 Å². The summed E-state index contributed by atoms with van der Waals surface area (Å²) in [7, 11) is 0. The highest BCUT2D eigenvalue weighted by Gasteiger charge is 2.31. The molecule has 3 heteroatoms. The van der Waals surface area contributed by atoms with Crippen molar-refractivity contribution in [3.8, 4) is 0 Å². The van der Waals surface area contributed by atoms with E-state index in [1.54, 1.807) is 6.92 Å². The van der Waals surface area contributed by atoms with Crippen LogP contribution >= 0.6 is 0 Å². The minimum absolute atomic E-state index is 0.0783. The molecule has 0 aliphatic carbocycles. The Bertz CT molecular complexity index is 452. The number of nitrogens with zero attached hydrogens (tertiary/aromatic N) is 1. The van der Waals surface area contributed by atoms with Crippen LogP contribution in [0.25, 0.3) is 0 Å². The van der Waals surface area contributed by atoms with Crippen LogP contribution in [0.1, 0.15) is 33.3 Å². The maximum atomic E-state index is 11.7. The first-order valence-corrected chi connectivity index (χ1v) is 6.12. The van der Waals surface area contributed by atoms with Crippen molar-refractivity contribution in [2.75, 3.05) is 16.8 Å². The van der Waals surface area contributed by atoms with Gasteiger partial charge in [0.15, 0.2) is 0 Å². The molecule has 0 saturated carbocycles. The van der Waals surface area contributed by atoms with Gasteiger partial charge in [-0.15, -0.1) is 0 Å². The lowest BCUT2D eigenvalue weighted by atomic mass is 9.98. The molecule has 92 valence electrons. The molecule has 1 aromatic rings. The van der Waals surface area contributed by atoms with E-state index in [1.807, 2.05) is 11.0 Å². The van der Waals surface area contributed by atoms with E-state index in [0.29, 0.717) is 6.54 Å². The number of carbonyl (C=O) groups is 1. The van der Waals surface area contributed by atoms with Crippen LogP contribution in [-0.2, 0) is 11.2 Å². The highest BCUT2D eigenvalue weighted by Crippen LogP contribution is 2.35. The Balaban J connectivity index is 2.48. The van der Waals surface area contributed by atoms with E-state index < -0.39 is 0 Å². The van der Waals surface area contributed by atoms with Crippen LogP contribution in [0.4, 0.5) is 11.4 Å². The van der Waals surface area contributed by atoms with E-state index in [4.69, 9.17) is 0 Å². The lowest BCUT2D eigenvalue weighted by molar-refractivity contribution is -0.116. The summed E-state index contributed by atoms with van der Waals surface area (Å²) in [6, 6.07) is 6.28. The molecule has 0 spiro atoms. The molecule has 0 radical (unpaired) electrons. The number of hydrogen-bond acceptors (Lipinski definition) is 2. The summed E-state index contributed by atoms with van der Waals surface area (Å²) in [6.45, 7) is 8.70. The Morgan fingerprint density at radius 1 is 1.47 bits per heavy atom. The van der Waals surface area contributed by atoms with Crippen molar-refractivity contribution in [3.63, 3.8) is 0 Å². The van der Waals surface area contributed by atoms with Crippen molar-refractivity contribution in [2.24, 2.45) is 0 Å². The largest absolute Gasteiger partial charge is 0.377 e. The van der Waals surface area contributed by atoms with Crippen LogP contribution in [0.15, 0.2) is 18.2 Å². The van der Waals surface area contributed by atoms with Crippen molar-refractivity contribution < 1.29 is 4.79 Å². The first-order chi connectivity index (χ1) is 7.93. The summed E-state index contributed by atoms with van der Waals surface area (Å²) >= 11 is 0. The molecule has 3 nitrogen and oxygen atoms in total. The number of amides is 1. The molecule has 17 heavy (non-hydrogen) atoms. The van der Waals surface area contributed by atoms with Crippen molar-refractivity contribution >= 4 is 17.3 Å². The van der Waals surface area contributed by atoms with Gasteiger partial charge in [-0.3, -0.25) is 4.79 Å². The molecular weight excluding hydrogens is 212 g/mol. The fraction of sp³-hybridized carbons (Fsp3) is 0.500. The number of carbonyl (C=O) groups excluding carboxylic acids is 1. The number of anilines is 2. The summed E-state index contributed by atoms with van der Waals surface area (Å²) in [5.74, 6) is 0.102. The highest BCUT2D eigenvalue weighted by molar-refractivity contribution is 5.96. The maximum absolute atomic E-state index is 11.7. The zero-order valence-corrected chi connectivity index (χ0v) is 11.0. The van der Waals surface area contributed by atoms with Gasteiger partial charge in [0.25, 0.3) is 0 Å². The third-order valence-corrected chi connectivity index (χ3v) is 3.17. The van der Waals surface area contributed by atoms with Gasteiger partial charge in [-0.2, -0.15) is 0 Å². The number of aryl methyl sites for hydroxylation is 1. The molecular formula is C14H20N2O. The predicted molar refractivity (Wildman–Crippen MR) is 71.5 cm³/mol. The zero-order chi connectivity index (χ0) is 12.6. The van der Waals surface area contributed by atoms with Crippen LogP contribution in [-0.4, -0.2) is 18.0 Å². The molecule has 0 aromatic heterocycles. The molecule has 1 heterocycles. The molecule has 1 aromatic carbocycles. The second-order valence-corrected chi connectivity index (χ2v) is 5.32. The van der Waals surface area contributed by atoms with Crippen molar-refractivity contribution in [1.29, 1.82) is 0 Å². The normalized spacial score (nSPS) is 17.3. The monoisotopic (exact) mass is 232 g/mol. The molecule has 0 atom stereocenters. The first kappa shape index (κ1) is 12.0. The summed E-state index contributed by atoms with van der Waals surface area (Å²) in [5.41, 5.74) is 3.27. The average Bonchev–Trinajstić information content (AvgIpc) is 2.25. The van der Waals surface area contributed by atoms with Crippen LogP contribution in [0, 0.1) is 0 Å². The minimum atomic E-state index is -0.0783. The van der Waals surface area contributed by atoms with Crippen LogP contribution in [0.3, 0.4) is 0 Å². The van der Waals surface area contributed by atoms with Gasteiger partial charge in [0.2, 0.25) is 5.91 Å². The summed E-state index contributed by atoms with van der Waals surface area (Å²) in [6.07, 6.45) is 1.01. The lowest BCUT2D eigenvalue weighted by Gasteiger charge is -2.40. The second kappa shape index (κ2) is 4.06. The number of nitrogens with one attached hydrogen (secondary N) is 1. The first-order valence-electron chi connectivity index (χ1n) is 6.12. The van der Waals surface area contributed by atoms with Crippen LogP contribution < -0.4 is 10.2 Å². The molecule has 0 unspecified atom stereocenters. The van der Waals surface area contributed by atoms with Crippen molar-refractivity contribution in [1.82, 2.24) is 0 Å².